The fourth-order valence-corrected chi connectivity index (χ4v) is 5.60. The molecule has 10 nitrogen and oxygen atoms in total. The third kappa shape index (κ3) is 5.24. The fraction of sp³-hybridized carbons (Fsp3) is 0.200. The van der Waals surface area contributed by atoms with Crippen LogP contribution in [0, 0.1) is 0 Å². The molecule has 0 amide bonds. The molecule has 4 aromatic rings. The molecule has 6 rings (SSSR count). The maximum absolute atomic E-state index is 11.7. The number of nitrogens with zero attached hydrogens (tertiary/aromatic N) is 3. The van der Waals surface area contributed by atoms with E-state index in [9.17, 15) is 19.8 Å². The quantitative estimate of drug-likeness (QED) is 0.266. The van der Waals surface area contributed by atoms with Gasteiger partial charge in [0.25, 0.3) is 0 Å². The van der Waals surface area contributed by atoms with E-state index in [0.717, 1.165) is 36.2 Å². The minimum Gasteiger partial charge on any atom is -0.478 e. The van der Waals surface area contributed by atoms with Crippen LogP contribution in [0.1, 0.15) is 44.3 Å². The van der Waals surface area contributed by atoms with Crippen LogP contribution in [0.15, 0.2) is 83.4 Å². The van der Waals surface area contributed by atoms with Gasteiger partial charge in [-0.15, -0.1) is 0 Å². The molecular formula is C30H26N4O6S. The summed E-state index contributed by atoms with van der Waals surface area (Å²) in [6, 6.07) is 20.5. The highest BCUT2D eigenvalue weighted by molar-refractivity contribution is 7.80. The third-order valence-electron chi connectivity index (χ3n) is 7.23. The summed E-state index contributed by atoms with van der Waals surface area (Å²) in [5, 5.41) is 22.9. The van der Waals surface area contributed by atoms with Crippen LogP contribution in [0.3, 0.4) is 0 Å². The highest BCUT2D eigenvalue weighted by Crippen LogP contribution is 2.43. The van der Waals surface area contributed by atoms with Gasteiger partial charge in [-0.1, -0.05) is 6.07 Å². The van der Waals surface area contributed by atoms with E-state index >= 15 is 0 Å². The lowest BCUT2D eigenvalue weighted by Gasteiger charge is -2.30. The molecule has 2 fully saturated rings. The number of benzene rings is 2. The predicted octanol–water partition coefficient (Wildman–Crippen LogP) is 4.75. The van der Waals surface area contributed by atoms with Crippen molar-refractivity contribution < 1.29 is 29.0 Å². The molecule has 208 valence electrons. The standard InChI is InChI=1S/C30H26N4O6S/c35-28(36)19-15-18(16-20(17-19)29(37)38)24-8-9-25(40-24)27-26(23-3-1-2-10-31-23)32-30(41)34(27)22-6-4-21(5-7-22)33-11-13-39-14-12-33/h1-10,15-17,26-27H,11-14H2,(H,32,41)(H,35,36)(H,37,38)/t26-,27-/m1/s1. The van der Waals surface area contributed by atoms with E-state index < -0.39 is 18.0 Å². The van der Waals surface area contributed by atoms with Gasteiger partial charge in [-0.2, -0.15) is 0 Å². The summed E-state index contributed by atoms with van der Waals surface area (Å²) in [6.45, 7) is 3.05. The van der Waals surface area contributed by atoms with Crippen molar-refractivity contribution in [1.29, 1.82) is 0 Å². The number of morpholine rings is 1. The lowest BCUT2D eigenvalue weighted by Crippen LogP contribution is -2.36. The first kappa shape index (κ1) is 26.5. The smallest absolute Gasteiger partial charge is 0.335 e. The topological polar surface area (TPSA) is 128 Å². The van der Waals surface area contributed by atoms with Crippen LogP contribution in [0.25, 0.3) is 11.3 Å². The van der Waals surface area contributed by atoms with Crippen molar-refractivity contribution in [2.24, 2.45) is 0 Å². The number of thiocarbonyl (C=S) groups is 1. The Bertz CT molecular complexity index is 1570. The normalized spacial score (nSPS) is 18.8. The molecule has 2 aliphatic heterocycles. The van der Waals surface area contributed by atoms with E-state index in [2.05, 4.69) is 27.3 Å². The van der Waals surface area contributed by atoms with Gasteiger partial charge in [0.2, 0.25) is 0 Å². The molecule has 0 aliphatic carbocycles. The Morgan fingerprint density at radius 2 is 1.59 bits per heavy atom. The number of hydrogen-bond donors (Lipinski definition) is 3. The predicted molar refractivity (Wildman–Crippen MR) is 155 cm³/mol. The minimum atomic E-state index is -1.23. The Balaban J connectivity index is 1.39. The summed E-state index contributed by atoms with van der Waals surface area (Å²) in [5.74, 6) is -1.56. The van der Waals surface area contributed by atoms with Crippen molar-refractivity contribution in [3.63, 3.8) is 0 Å². The van der Waals surface area contributed by atoms with E-state index in [1.807, 2.05) is 35.2 Å². The summed E-state index contributed by atoms with van der Waals surface area (Å²) in [7, 11) is 0. The van der Waals surface area contributed by atoms with Crippen LogP contribution in [0.2, 0.25) is 0 Å². The zero-order chi connectivity index (χ0) is 28.5. The van der Waals surface area contributed by atoms with E-state index in [1.54, 1.807) is 18.3 Å². The van der Waals surface area contributed by atoms with Crippen LogP contribution in [0.5, 0.6) is 0 Å². The molecule has 2 saturated heterocycles. The van der Waals surface area contributed by atoms with Crippen LogP contribution in [0.4, 0.5) is 11.4 Å². The summed E-state index contributed by atoms with van der Waals surface area (Å²) in [5.41, 5.74) is 2.79. The first-order valence-electron chi connectivity index (χ1n) is 13.0. The number of carboxylic acids is 2. The number of furan rings is 1. The Kier molecular flexibility index (Phi) is 7.12. The molecular weight excluding hydrogens is 544 g/mol. The first-order valence-corrected chi connectivity index (χ1v) is 13.4. The largest absolute Gasteiger partial charge is 0.478 e. The number of aromatic nitrogens is 1. The minimum absolute atomic E-state index is 0.144. The van der Waals surface area contributed by atoms with Crippen molar-refractivity contribution in [2.75, 3.05) is 36.1 Å². The molecule has 0 radical (unpaired) electrons. The first-order chi connectivity index (χ1) is 19.9. The molecule has 2 aromatic carbocycles. The number of anilines is 2. The molecule has 11 heteroatoms. The maximum Gasteiger partial charge on any atom is 0.335 e. The van der Waals surface area contributed by atoms with Gasteiger partial charge in [-0.3, -0.25) is 4.98 Å². The van der Waals surface area contributed by atoms with Gasteiger partial charge in [0.15, 0.2) is 5.11 Å². The number of rotatable bonds is 7. The number of hydrogen-bond acceptors (Lipinski definition) is 7. The van der Waals surface area contributed by atoms with Gasteiger partial charge in [0.1, 0.15) is 17.6 Å². The number of carbonyl (C=O) groups is 2. The Morgan fingerprint density at radius 1 is 0.902 bits per heavy atom. The number of nitrogens with one attached hydrogen (secondary N) is 1. The molecule has 3 N–H and O–H groups in total. The number of carboxylic acid groups (broad SMARTS) is 2. The van der Waals surface area contributed by atoms with Gasteiger partial charge >= 0.3 is 11.9 Å². The summed E-state index contributed by atoms with van der Waals surface area (Å²) in [6.07, 6.45) is 1.72. The van der Waals surface area contributed by atoms with Crippen molar-refractivity contribution in [1.82, 2.24) is 10.3 Å². The van der Waals surface area contributed by atoms with Crippen molar-refractivity contribution in [2.45, 2.75) is 12.1 Å². The SMILES string of the molecule is O=C(O)c1cc(C(=O)O)cc(-c2ccc([C@@H]3[C@@H](c4ccccn4)NC(=S)N3c3ccc(N4CCOCC4)cc3)o2)c1. The Hall–Kier alpha value is -4.74. The fourth-order valence-electron chi connectivity index (χ4n) is 5.25. The summed E-state index contributed by atoms with van der Waals surface area (Å²) < 4.78 is 11.8. The van der Waals surface area contributed by atoms with Crippen LogP contribution in [-0.4, -0.2) is 58.6 Å². The maximum atomic E-state index is 11.7. The molecule has 0 saturated carbocycles. The molecule has 0 bridgehead atoms. The summed E-state index contributed by atoms with van der Waals surface area (Å²) in [4.78, 5) is 32.2. The molecule has 4 heterocycles. The van der Waals surface area contributed by atoms with E-state index in [4.69, 9.17) is 21.4 Å². The number of ether oxygens (including phenoxy) is 1. The van der Waals surface area contributed by atoms with Gasteiger partial charge in [0.05, 0.1) is 36.1 Å². The van der Waals surface area contributed by atoms with Gasteiger partial charge in [0, 0.05) is 36.2 Å². The summed E-state index contributed by atoms with van der Waals surface area (Å²) >= 11 is 5.81. The van der Waals surface area contributed by atoms with E-state index in [-0.39, 0.29) is 17.2 Å². The molecule has 0 unspecified atom stereocenters. The Morgan fingerprint density at radius 3 is 2.22 bits per heavy atom. The zero-order valence-corrected chi connectivity index (χ0v) is 22.6. The number of aromatic carboxylic acids is 2. The Labute approximate surface area is 240 Å². The van der Waals surface area contributed by atoms with Crippen LogP contribution >= 0.6 is 12.2 Å². The average Bonchev–Trinajstić information content (AvgIpc) is 3.62. The van der Waals surface area contributed by atoms with Gasteiger partial charge < -0.3 is 34.5 Å². The van der Waals surface area contributed by atoms with Gasteiger partial charge in [-0.25, -0.2) is 9.59 Å². The second kappa shape index (κ2) is 11.0. The molecule has 2 aromatic heterocycles. The number of pyridine rings is 1. The van der Waals surface area contributed by atoms with Crippen molar-refractivity contribution in [3.8, 4) is 11.3 Å². The van der Waals surface area contributed by atoms with Crippen LogP contribution in [-0.2, 0) is 4.74 Å². The van der Waals surface area contributed by atoms with Crippen molar-refractivity contribution >= 4 is 40.6 Å². The van der Waals surface area contributed by atoms with Crippen LogP contribution < -0.4 is 15.1 Å². The van der Waals surface area contributed by atoms with Crippen molar-refractivity contribution in [3.05, 3.63) is 102 Å². The van der Waals surface area contributed by atoms with E-state index in [1.165, 1.54) is 12.1 Å². The van der Waals surface area contributed by atoms with Gasteiger partial charge in [-0.05, 0) is 78.9 Å². The lowest BCUT2D eigenvalue weighted by atomic mass is 10.0. The highest BCUT2D eigenvalue weighted by atomic mass is 32.1. The zero-order valence-electron chi connectivity index (χ0n) is 21.8. The second-order valence-corrected chi connectivity index (χ2v) is 10.1. The molecule has 2 atom stereocenters. The molecule has 0 spiro atoms. The van der Waals surface area contributed by atoms with E-state index in [0.29, 0.717) is 35.4 Å². The monoisotopic (exact) mass is 570 g/mol. The average molecular weight is 571 g/mol. The molecule has 2 aliphatic rings. The highest BCUT2D eigenvalue weighted by Gasteiger charge is 2.42. The lowest BCUT2D eigenvalue weighted by molar-refractivity contribution is 0.0696. The third-order valence-corrected chi connectivity index (χ3v) is 7.55. The second-order valence-electron chi connectivity index (χ2n) is 9.72. The molecule has 41 heavy (non-hydrogen) atoms.